The number of hydrogen-bond donors (Lipinski definition) is 2. The van der Waals surface area contributed by atoms with Crippen molar-refractivity contribution in [3.05, 3.63) is 41.2 Å². The van der Waals surface area contributed by atoms with E-state index in [4.69, 9.17) is 11.6 Å². The number of aliphatic hydroxyl groups is 1. The Balaban J connectivity index is 1.77. The number of hydrogen-bond acceptors (Lipinski definition) is 6. The van der Waals surface area contributed by atoms with E-state index < -0.39 is 6.23 Å². The predicted octanol–water partition coefficient (Wildman–Crippen LogP) is 4.25. The number of nitrogens with one attached hydrogen (secondary N) is 1. The Kier molecular flexibility index (Phi) is 7.15. The van der Waals surface area contributed by atoms with Crippen LogP contribution in [-0.2, 0) is 0 Å². The average molecular weight is 421 g/mol. The van der Waals surface area contributed by atoms with Crippen molar-refractivity contribution in [2.75, 3.05) is 18.2 Å². The van der Waals surface area contributed by atoms with Crippen molar-refractivity contribution in [3.8, 4) is 0 Å². The Bertz CT molecular complexity index is 830. The summed E-state index contributed by atoms with van der Waals surface area (Å²) in [6.45, 7) is 0. The van der Waals surface area contributed by atoms with Gasteiger partial charge in [-0.05, 0) is 37.3 Å². The highest BCUT2D eigenvalue weighted by Gasteiger charge is 2.24. The number of amides is 1. The maximum atomic E-state index is 12.7. The Morgan fingerprint density at radius 2 is 2.04 bits per heavy atom. The Labute approximate surface area is 174 Å². The molecule has 2 N–H and O–H groups in total. The molecular weight excluding hydrogens is 396 g/mol. The summed E-state index contributed by atoms with van der Waals surface area (Å²) < 4.78 is 0. The number of benzene rings is 1. The quantitative estimate of drug-likeness (QED) is 0.413. The van der Waals surface area contributed by atoms with Gasteiger partial charge in [0.1, 0.15) is 23.4 Å². The van der Waals surface area contributed by atoms with Gasteiger partial charge in [-0.3, -0.25) is 4.79 Å². The predicted molar refractivity (Wildman–Crippen MR) is 113 cm³/mol. The molecule has 0 spiro atoms. The van der Waals surface area contributed by atoms with Gasteiger partial charge in [0.15, 0.2) is 0 Å². The number of carbonyl (C=O) groups excluding carboxylic acids is 1. The SMILES string of the molecule is CSc1cc(N(C)c2ccc(Cl)c(C(=O)NC(O)C3CCCCC3)c2)ncn1. The van der Waals surface area contributed by atoms with Crippen molar-refractivity contribution in [3.63, 3.8) is 0 Å². The van der Waals surface area contributed by atoms with E-state index in [9.17, 15) is 9.90 Å². The monoisotopic (exact) mass is 420 g/mol. The normalized spacial score (nSPS) is 15.9. The molecule has 0 radical (unpaired) electrons. The van der Waals surface area contributed by atoms with Crippen LogP contribution in [0.5, 0.6) is 0 Å². The highest BCUT2D eigenvalue weighted by Crippen LogP contribution is 2.29. The number of anilines is 2. The molecular formula is C20H25ClN4O2S. The molecule has 150 valence electrons. The van der Waals surface area contributed by atoms with Gasteiger partial charge in [-0.2, -0.15) is 0 Å². The first-order valence-electron chi connectivity index (χ1n) is 9.38. The topological polar surface area (TPSA) is 78.4 Å². The standard InChI is InChI=1S/C20H25ClN4O2S/c1-25(17-11-18(28-2)23-12-22-17)14-8-9-16(21)15(10-14)20(27)24-19(26)13-6-4-3-5-7-13/h8-13,19,26H,3-7H2,1-2H3,(H,24,27). The van der Waals surface area contributed by atoms with E-state index in [0.29, 0.717) is 10.6 Å². The fourth-order valence-electron chi connectivity index (χ4n) is 3.43. The van der Waals surface area contributed by atoms with Gasteiger partial charge in [-0.1, -0.05) is 30.9 Å². The molecule has 1 heterocycles. The second-order valence-electron chi connectivity index (χ2n) is 6.96. The van der Waals surface area contributed by atoms with Crippen molar-refractivity contribution in [1.82, 2.24) is 15.3 Å². The minimum absolute atomic E-state index is 0.105. The third-order valence-corrected chi connectivity index (χ3v) is 6.11. The molecule has 28 heavy (non-hydrogen) atoms. The van der Waals surface area contributed by atoms with E-state index in [-0.39, 0.29) is 11.8 Å². The molecule has 6 nitrogen and oxygen atoms in total. The Morgan fingerprint density at radius 1 is 1.29 bits per heavy atom. The lowest BCUT2D eigenvalue weighted by atomic mass is 9.88. The van der Waals surface area contributed by atoms with Crippen molar-refractivity contribution < 1.29 is 9.90 Å². The number of nitrogens with zero attached hydrogens (tertiary/aromatic N) is 3. The first-order valence-corrected chi connectivity index (χ1v) is 11.0. The van der Waals surface area contributed by atoms with Gasteiger partial charge in [0.2, 0.25) is 0 Å². The van der Waals surface area contributed by atoms with Crippen molar-refractivity contribution in [2.45, 2.75) is 43.4 Å². The summed E-state index contributed by atoms with van der Waals surface area (Å²) in [5, 5.41) is 14.3. The largest absolute Gasteiger partial charge is 0.373 e. The third-order valence-electron chi connectivity index (χ3n) is 5.14. The molecule has 1 amide bonds. The lowest BCUT2D eigenvalue weighted by Gasteiger charge is -2.27. The summed E-state index contributed by atoms with van der Waals surface area (Å²) in [6.07, 6.45) is 7.86. The molecule has 1 fully saturated rings. The second-order valence-corrected chi connectivity index (χ2v) is 8.19. The van der Waals surface area contributed by atoms with Crippen molar-refractivity contribution in [2.24, 2.45) is 5.92 Å². The Morgan fingerprint density at radius 3 is 2.75 bits per heavy atom. The molecule has 2 aromatic rings. The number of rotatable bonds is 6. The summed E-state index contributed by atoms with van der Waals surface area (Å²) in [6, 6.07) is 7.11. The first-order chi connectivity index (χ1) is 13.5. The Hall–Kier alpha value is -1.83. The van der Waals surface area contributed by atoms with E-state index in [0.717, 1.165) is 42.2 Å². The summed E-state index contributed by atoms with van der Waals surface area (Å²) in [4.78, 5) is 23.1. The molecule has 1 saturated carbocycles. The molecule has 1 aliphatic carbocycles. The molecule has 1 unspecified atom stereocenters. The molecule has 1 aliphatic rings. The summed E-state index contributed by atoms with van der Waals surface area (Å²) in [5.41, 5.74) is 1.10. The van der Waals surface area contributed by atoms with E-state index in [2.05, 4.69) is 15.3 Å². The van der Waals surface area contributed by atoms with E-state index >= 15 is 0 Å². The van der Waals surface area contributed by atoms with Crippen LogP contribution in [0.15, 0.2) is 35.6 Å². The highest BCUT2D eigenvalue weighted by atomic mass is 35.5. The van der Waals surface area contributed by atoms with E-state index in [1.165, 1.54) is 24.5 Å². The van der Waals surface area contributed by atoms with E-state index in [1.807, 2.05) is 30.3 Å². The number of aromatic nitrogens is 2. The van der Waals surface area contributed by atoms with Gasteiger partial charge in [-0.15, -0.1) is 11.8 Å². The van der Waals surface area contributed by atoms with Gasteiger partial charge >= 0.3 is 0 Å². The van der Waals surface area contributed by atoms with Gasteiger partial charge in [0, 0.05) is 24.7 Å². The molecule has 0 saturated heterocycles. The lowest BCUT2D eigenvalue weighted by molar-refractivity contribution is 0.0463. The van der Waals surface area contributed by atoms with Gasteiger partial charge < -0.3 is 15.3 Å². The smallest absolute Gasteiger partial charge is 0.254 e. The molecule has 1 aromatic heterocycles. The van der Waals surface area contributed by atoms with Crippen LogP contribution in [0.3, 0.4) is 0 Å². The fourth-order valence-corrected chi connectivity index (χ4v) is 4.01. The van der Waals surface area contributed by atoms with Gasteiger partial charge in [-0.25, -0.2) is 9.97 Å². The second kappa shape index (κ2) is 9.58. The van der Waals surface area contributed by atoms with E-state index in [1.54, 1.807) is 12.1 Å². The lowest BCUT2D eigenvalue weighted by Crippen LogP contribution is -2.41. The van der Waals surface area contributed by atoms with Crippen molar-refractivity contribution >= 4 is 40.8 Å². The minimum atomic E-state index is -0.851. The summed E-state index contributed by atoms with van der Waals surface area (Å²) in [7, 11) is 1.87. The van der Waals surface area contributed by atoms with Crippen LogP contribution in [0.2, 0.25) is 5.02 Å². The fraction of sp³-hybridized carbons (Fsp3) is 0.450. The van der Waals surface area contributed by atoms with Crippen LogP contribution < -0.4 is 10.2 Å². The highest BCUT2D eigenvalue weighted by molar-refractivity contribution is 7.98. The van der Waals surface area contributed by atoms with Gasteiger partial charge in [0.25, 0.3) is 5.91 Å². The van der Waals surface area contributed by atoms with Crippen LogP contribution >= 0.6 is 23.4 Å². The zero-order chi connectivity index (χ0) is 20.1. The minimum Gasteiger partial charge on any atom is -0.373 e. The average Bonchev–Trinajstić information content (AvgIpc) is 2.74. The van der Waals surface area contributed by atoms with Crippen LogP contribution in [0.4, 0.5) is 11.5 Å². The maximum absolute atomic E-state index is 12.7. The molecule has 8 heteroatoms. The zero-order valence-corrected chi connectivity index (χ0v) is 17.6. The summed E-state index contributed by atoms with van der Waals surface area (Å²) >= 11 is 7.80. The van der Waals surface area contributed by atoms with Crippen molar-refractivity contribution in [1.29, 1.82) is 0 Å². The van der Waals surface area contributed by atoms with Gasteiger partial charge in [0.05, 0.1) is 10.6 Å². The molecule has 1 atom stereocenters. The number of carbonyl (C=O) groups is 1. The molecule has 3 rings (SSSR count). The molecule has 0 bridgehead atoms. The number of halogens is 1. The number of thioether (sulfide) groups is 1. The van der Waals surface area contributed by atoms with Crippen LogP contribution in [0.1, 0.15) is 42.5 Å². The van der Waals surface area contributed by atoms with Crippen LogP contribution in [0, 0.1) is 5.92 Å². The molecule has 0 aliphatic heterocycles. The summed E-state index contributed by atoms with van der Waals surface area (Å²) in [5.74, 6) is 0.453. The van der Waals surface area contributed by atoms with Crippen LogP contribution in [0.25, 0.3) is 0 Å². The third kappa shape index (κ3) is 4.96. The first kappa shape index (κ1) is 20.9. The maximum Gasteiger partial charge on any atom is 0.254 e. The molecule has 1 aromatic carbocycles. The van der Waals surface area contributed by atoms with Crippen LogP contribution in [-0.4, -0.2) is 40.5 Å². The number of aliphatic hydroxyl groups excluding tert-OH is 1. The zero-order valence-electron chi connectivity index (χ0n) is 16.1.